The number of aromatic nitrogens is 7. The molecule has 0 saturated heterocycles. The van der Waals surface area contributed by atoms with Crippen LogP contribution in [0.5, 0.6) is 0 Å². The van der Waals surface area contributed by atoms with Crippen LogP contribution in [0.1, 0.15) is 0 Å². The van der Waals surface area contributed by atoms with Gasteiger partial charge in [0.05, 0.1) is 39.8 Å². The Balaban J connectivity index is 1.51. The zero-order valence-electron chi connectivity index (χ0n) is 16.2. The van der Waals surface area contributed by atoms with E-state index in [9.17, 15) is 0 Å². The zero-order valence-corrected chi connectivity index (χ0v) is 16.2. The standard InChI is InChI=1S/C23H16N8/c24-14-8-13(10-25-11-14)19-9-16-20(12-27-19)30-31-22(16)23-28-18-6-3-4-15(21(18)29-23)17-5-1-2-7-26-17/h1-12H,24H2,(H,28,29)(H,30,31). The van der Waals surface area contributed by atoms with E-state index in [2.05, 4.69) is 30.1 Å². The van der Waals surface area contributed by atoms with E-state index in [4.69, 9.17) is 10.7 Å². The van der Waals surface area contributed by atoms with Gasteiger partial charge in [0.1, 0.15) is 5.69 Å². The molecule has 1 aromatic carbocycles. The zero-order chi connectivity index (χ0) is 20.8. The summed E-state index contributed by atoms with van der Waals surface area (Å²) in [6.07, 6.45) is 6.89. The van der Waals surface area contributed by atoms with E-state index in [1.165, 1.54) is 0 Å². The summed E-state index contributed by atoms with van der Waals surface area (Å²) in [4.78, 5) is 21.4. The van der Waals surface area contributed by atoms with Crippen LogP contribution in [0, 0.1) is 0 Å². The lowest BCUT2D eigenvalue weighted by molar-refractivity contribution is 1.10. The van der Waals surface area contributed by atoms with Crippen molar-refractivity contribution < 1.29 is 0 Å². The van der Waals surface area contributed by atoms with Gasteiger partial charge in [-0.15, -0.1) is 0 Å². The topological polar surface area (TPSA) is 122 Å². The predicted octanol–water partition coefficient (Wildman–Crippen LogP) is 4.21. The molecule has 0 fully saturated rings. The summed E-state index contributed by atoms with van der Waals surface area (Å²) >= 11 is 0. The Hall–Kier alpha value is -4.59. The van der Waals surface area contributed by atoms with E-state index in [1.807, 2.05) is 48.5 Å². The summed E-state index contributed by atoms with van der Waals surface area (Å²) in [7, 11) is 0. The number of fused-ring (bicyclic) bond motifs is 2. The third-order valence-corrected chi connectivity index (χ3v) is 5.18. The van der Waals surface area contributed by atoms with Gasteiger partial charge in [-0.1, -0.05) is 18.2 Å². The number of nitrogen functional groups attached to an aromatic ring is 1. The highest BCUT2D eigenvalue weighted by Crippen LogP contribution is 2.32. The second-order valence-corrected chi connectivity index (χ2v) is 7.20. The molecule has 31 heavy (non-hydrogen) atoms. The summed E-state index contributed by atoms with van der Waals surface area (Å²) in [6, 6.07) is 15.7. The summed E-state index contributed by atoms with van der Waals surface area (Å²) in [5, 5.41) is 8.45. The van der Waals surface area contributed by atoms with E-state index < -0.39 is 0 Å². The first kappa shape index (κ1) is 17.3. The first-order valence-electron chi connectivity index (χ1n) is 9.72. The number of H-pyrrole nitrogens is 2. The van der Waals surface area contributed by atoms with Gasteiger partial charge in [-0.3, -0.25) is 20.1 Å². The number of pyridine rings is 3. The van der Waals surface area contributed by atoms with Crippen molar-refractivity contribution in [3.8, 4) is 34.0 Å². The van der Waals surface area contributed by atoms with E-state index in [0.717, 1.165) is 50.1 Å². The van der Waals surface area contributed by atoms with Crippen LogP contribution in [-0.4, -0.2) is 35.1 Å². The van der Waals surface area contributed by atoms with Crippen molar-refractivity contribution in [2.24, 2.45) is 0 Å². The van der Waals surface area contributed by atoms with Gasteiger partial charge in [-0.2, -0.15) is 5.10 Å². The molecule has 6 aromatic rings. The molecule has 0 amide bonds. The number of nitrogens with one attached hydrogen (secondary N) is 2. The Labute approximate surface area is 176 Å². The summed E-state index contributed by atoms with van der Waals surface area (Å²) in [5.74, 6) is 0.674. The van der Waals surface area contributed by atoms with Crippen molar-refractivity contribution >= 4 is 27.6 Å². The van der Waals surface area contributed by atoms with Gasteiger partial charge >= 0.3 is 0 Å². The van der Waals surface area contributed by atoms with Crippen LogP contribution in [0.4, 0.5) is 5.69 Å². The minimum atomic E-state index is 0.589. The molecule has 6 rings (SSSR count). The molecule has 5 aromatic heterocycles. The fourth-order valence-corrected chi connectivity index (χ4v) is 3.73. The minimum absolute atomic E-state index is 0.589. The number of para-hydroxylation sites is 1. The van der Waals surface area contributed by atoms with Crippen molar-refractivity contribution in [3.63, 3.8) is 0 Å². The number of aromatic amines is 2. The highest BCUT2D eigenvalue weighted by molar-refractivity contribution is 5.97. The second-order valence-electron chi connectivity index (χ2n) is 7.20. The fraction of sp³-hybridized carbons (Fsp3) is 0. The number of nitrogens with two attached hydrogens (primary N) is 1. The maximum atomic E-state index is 5.89. The van der Waals surface area contributed by atoms with Crippen molar-refractivity contribution in [3.05, 3.63) is 73.3 Å². The number of benzene rings is 1. The van der Waals surface area contributed by atoms with E-state index >= 15 is 0 Å². The lowest BCUT2D eigenvalue weighted by Crippen LogP contribution is -1.90. The van der Waals surface area contributed by atoms with Gasteiger partial charge in [0.25, 0.3) is 0 Å². The van der Waals surface area contributed by atoms with Crippen LogP contribution in [0.2, 0.25) is 0 Å². The van der Waals surface area contributed by atoms with Gasteiger partial charge in [-0.25, -0.2) is 4.98 Å². The SMILES string of the molecule is Nc1cncc(-c2cc3c(-c4nc5c(-c6ccccn6)cccc5[nH]4)n[nH]c3cn2)c1. The first-order chi connectivity index (χ1) is 15.3. The Bertz CT molecular complexity index is 1550. The third-order valence-electron chi connectivity index (χ3n) is 5.18. The lowest BCUT2D eigenvalue weighted by atomic mass is 10.1. The maximum Gasteiger partial charge on any atom is 0.159 e. The molecule has 4 N–H and O–H groups in total. The van der Waals surface area contributed by atoms with Gasteiger partial charge in [-0.05, 0) is 30.3 Å². The highest BCUT2D eigenvalue weighted by Gasteiger charge is 2.16. The van der Waals surface area contributed by atoms with Crippen molar-refractivity contribution in [2.45, 2.75) is 0 Å². The van der Waals surface area contributed by atoms with Crippen LogP contribution in [0.25, 0.3) is 56.0 Å². The lowest BCUT2D eigenvalue weighted by Gasteiger charge is -2.02. The summed E-state index contributed by atoms with van der Waals surface area (Å²) in [6.45, 7) is 0. The summed E-state index contributed by atoms with van der Waals surface area (Å²) < 4.78 is 0. The number of hydrogen-bond acceptors (Lipinski definition) is 6. The third kappa shape index (κ3) is 2.89. The van der Waals surface area contributed by atoms with Crippen molar-refractivity contribution in [2.75, 3.05) is 5.73 Å². The number of anilines is 1. The van der Waals surface area contributed by atoms with Crippen LogP contribution in [-0.2, 0) is 0 Å². The molecule has 148 valence electrons. The molecule has 0 unspecified atom stereocenters. The molecule has 0 aliphatic heterocycles. The Kier molecular flexibility index (Phi) is 3.76. The molecular weight excluding hydrogens is 388 g/mol. The molecule has 0 atom stereocenters. The molecule has 8 nitrogen and oxygen atoms in total. The minimum Gasteiger partial charge on any atom is -0.397 e. The monoisotopic (exact) mass is 404 g/mol. The highest BCUT2D eigenvalue weighted by atomic mass is 15.1. The maximum absolute atomic E-state index is 5.89. The quantitative estimate of drug-likeness (QED) is 0.406. The van der Waals surface area contributed by atoms with Gasteiger partial charge in [0.2, 0.25) is 0 Å². The molecule has 0 saturated carbocycles. The van der Waals surface area contributed by atoms with Crippen LogP contribution >= 0.6 is 0 Å². The Morgan fingerprint density at radius 3 is 2.68 bits per heavy atom. The molecule has 0 aliphatic rings. The van der Waals surface area contributed by atoms with Crippen molar-refractivity contribution in [1.29, 1.82) is 0 Å². The molecule has 0 bridgehead atoms. The number of hydrogen-bond donors (Lipinski definition) is 3. The van der Waals surface area contributed by atoms with Gasteiger partial charge in [0.15, 0.2) is 5.82 Å². The summed E-state index contributed by atoms with van der Waals surface area (Å²) in [5.41, 5.74) is 13.2. The molecule has 0 spiro atoms. The average Bonchev–Trinajstić information content (AvgIpc) is 3.43. The number of imidazole rings is 1. The predicted molar refractivity (Wildman–Crippen MR) is 120 cm³/mol. The van der Waals surface area contributed by atoms with Crippen LogP contribution < -0.4 is 5.73 Å². The molecule has 5 heterocycles. The molecule has 0 aliphatic carbocycles. The fourth-order valence-electron chi connectivity index (χ4n) is 3.73. The van der Waals surface area contributed by atoms with E-state index in [-0.39, 0.29) is 0 Å². The van der Waals surface area contributed by atoms with Gasteiger partial charge in [0, 0.05) is 35.1 Å². The Morgan fingerprint density at radius 1 is 0.839 bits per heavy atom. The largest absolute Gasteiger partial charge is 0.397 e. The van der Waals surface area contributed by atoms with Crippen molar-refractivity contribution in [1.82, 2.24) is 35.1 Å². The smallest absolute Gasteiger partial charge is 0.159 e. The second kappa shape index (κ2) is 6.74. The van der Waals surface area contributed by atoms with Crippen LogP contribution in [0.15, 0.2) is 73.3 Å². The Morgan fingerprint density at radius 2 is 1.81 bits per heavy atom. The molecule has 8 heteroatoms. The van der Waals surface area contributed by atoms with Crippen LogP contribution in [0.3, 0.4) is 0 Å². The normalized spacial score (nSPS) is 11.4. The van der Waals surface area contributed by atoms with E-state index in [0.29, 0.717) is 11.5 Å². The van der Waals surface area contributed by atoms with E-state index in [1.54, 1.807) is 24.8 Å². The van der Waals surface area contributed by atoms with Gasteiger partial charge < -0.3 is 10.7 Å². The number of nitrogens with zero attached hydrogens (tertiary/aromatic N) is 5. The average molecular weight is 404 g/mol. The first-order valence-corrected chi connectivity index (χ1v) is 9.72. The number of rotatable bonds is 3. The molecule has 0 radical (unpaired) electrons. The molecular formula is C23H16N8.